The summed E-state index contributed by atoms with van der Waals surface area (Å²) < 4.78 is 18.8. The van der Waals surface area contributed by atoms with Gasteiger partial charge >= 0.3 is 5.69 Å². The smallest absolute Gasteiger partial charge is 0.312 e. The van der Waals surface area contributed by atoms with E-state index in [4.69, 9.17) is 4.74 Å². The number of hydrogen-bond donors (Lipinski definition) is 1. The van der Waals surface area contributed by atoms with Crippen LogP contribution >= 0.6 is 27.3 Å². The van der Waals surface area contributed by atoms with Gasteiger partial charge in [-0.05, 0) is 22.9 Å². The SMILES string of the molecule is CCNc1nnc(COc2cc(F)c(Br)cc2[N+](=O)[O-])s1. The number of nitrogens with one attached hydrogen (secondary N) is 1. The van der Waals surface area contributed by atoms with Crippen LogP contribution in [0.3, 0.4) is 0 Å². The second-order valence-corrected chi connectivity index (χ2v) is 5.73. The van der Waals surface area contributed by atoms with E-state index in [-0.39, 0.29) is 22.5 Å². The molecule has 0 amide bonds. The zero-order valence-corrected chi connectivity index (χ0v) is 13.2. The Kier molecular flexibility index (Phi) is 5.02. The van der Waals surface area contributed by atoms with Crippen molar-refractivity contribution in [2.24, 2.45) is 0 Å². The van der Waals surface area contributed by atoms with Gasteiger partial charge in [0.05, 0.1) is 9.40 Å². The average molecular weight is 377 g/mol. The third-order valence-electron chi connectivity index (χ3n) is 2.34. The van der Waals surface area contributed by atoms with E-state index in [1.807, 2.05) is 6.92 Å². The first-order valence-electron chi connectivity index (χ1n) is 5.83. The van der Waals surface area contributed by atoms with Crippen LogP contribution < -0.4 is 10.1 Å². The third-order valence-corrected chi connectivity index (χ3v) is 3.81. The lowest BCUT2D eigenvalue weighted by atomic mass is 10.3. The Morgan fingerprint density at radius 1 is 1.52 bits per heavy atom. The summed E-state index contributed by atoms with van der Waals surface area (Å²) in [4.78, 5) is 10.3. The number of anilines is 1. The first-order valence-corrected chi connectivity index (χ1v) is 7.44. The van der Waals surface area contributed by atoms with E-state index in [0.717, 1.165) is 12.1 Å². The van der Waals surface area contributed by atoms with Crippen molar-refractivity contribution in [3.05, 3.63) is 37.5 Å². The molecule has 0 aliphatic carbocycles. The highest BCUT2D eigenvalue weighted by atomic mass is 79.9. The van der Waals surface area contributed by atoms with E-state index in [0.29, 0.717) is 16.7 Å². The van der Waals surface area contributed by atoms with Crippen molar-refractivity contribution in [2.45, 2.75) is 13.5 Å². The van der Waals surface area contributed by atoms with Gasteiger partial charge in [-0.15, -0.1) is 10.2 Å². The molecule has 0 spiro atoms. The molecule has 0 fully saturated rings. The van der Waals surface area contributed by atoms with Gasteiger partial charge in [0.2, 0.25) is 10.9 Å². The van der Waals surface area contributed by atoms with Crippen molar-refractivity contribution in [3.63, 3.8) is 0 Å². The summed E-state index contributed by atoms with van der Waals surface area (Å²) in [5, 5.41) is 22.8. The van der Waals surface area contributed by atoms with Crippen LogP contribution in [0.1, 0.15) is 11.9 Å². The van der Waals surface area contributed by atoms with Crippen LogP contribution in [-0.4, -0.2) is 21.7 Å². The lowest BCUT2D eigenvalue weighted by Crippen LogP contribution is -2.00. The van der Waals surface area contributed by atoms with Crippen LogP contribution in [0.2, 0.25) is 0 Å². The molecule has 0 atom stereocenters. The molecule has 0 saturated carbocycles. The summed E-state index contributed by atoms with van der Waals surface area (Å²) in [5.74, 6) is -0.790. The number of nitro groups is 1. The zero-order valence-electron chi connectivity index (χ0n) is 10.8. The van der Waals surface area contributed by atoms with Crippen LogP contribution in [0, 0.1) is 15.9 Å². The number of rotatable bonds is 6. The van der Waals surface area contributed by atoms with Gasteiger partial charge in [0.1, 0.15) is 12.4 Å². The van der Waals surface area contributed by atoms with Crippen molar-refractivity contribution in [3.8, 4) is 5.75 Å². The standard InChI is InChI=1S/C11H10BrFN4O3S/c1-2-14-11-16-15-10(21-11)5-20-9-4-7(13)6(12)3-8(9)17(18)19/h3-4H,2,5H2,1H3,(H,14,16). The van der Waals surface area contributed by atoms with Gasteiger partial charge in [0.25, 0.3) is 0 Å². The fourth-order valence-electron chi connectivity index (χ4n) is 1.45. The second-order valence-electron chi connectivity index (χ2n) is 3.81. The van der Waals surface area contributed by atoms with E-state index in [9.17, 15) is 14.5 Å². The van der Waals surface area contributed by atoms with E-state index in [1.165, 1.54) is 11.3 Å². The number of aromatic nitrogens is 2. The van der Waals surface area contributed by atoms with Crippen LogP contribution in [-0.2, 0) is 6.61 Å². The van der Waals surface area contributed by atoms with Gasteiger partial charge in [-0.25, -0.2) is 4.39 Å². The highest BCUT2D eigenvalue weighted by molar-refractivity contribution is 9.10. The zero-order chi connectivity index (χ0) is 15.4. The number of hydrogen-bond acceptors (Lipinski definition) is 7. The molecule has 0 aliphatic heterocycles. The molecular weight excluding hydrogens is 367 g/mol. The quantitative estimate of drug-likeness (QED) is 0.613. The predicted molar refractivity (Wildman–Crippen MR) is 79.2 cm³/mol. The molecule has 0 aliphatic rings. The van der Waals surface area contributed by atoms with E-state index < -0.39 is 10.7 Å². The monoisotopic (exact) mass is 376 g/mol. The Morgan fingerprint density at radius 3 is 2.95 bits per heavy atom. The molecule has 10 heteroatoms. The Bertz CT molecular complexity index is 667. The van der Waals surface area contributed by atoms with Crippen molar-refractivity contribution in [1.82, 2.24) is 10.2 Å². The first kappa shape index (κ1) is 15.6. The van der Waals surface area contributed by atoms with E-state index in [1.54, 1.807) is 0 Å². The fraction of sp³-hybridized carbons (Fsp3) is 0.273. The largest absolute Gasteiger partial charge is 0.479 e. The predicted octanol–water partition coefficient (Wildman–Crippen LogP) is 3.36. The summed E-state index contributed by atoms with van der Waals surface area (Å²) in [6.45, 7) is 2.61. The van der Waals surface area contributed by atoms with Gasteiger partial charge in [-0.2, -0.15) is 0 Å². The topological polar surface area (TPSA) is 90.2 Å². The molecule has 0 radical (unpaired) electrons. The van der Waals surface area contributed by atoms with Crippen LogP contribution in [0.25, 0.3) is 0 Å². The summed E-state index contributed by atoms with van der Waals surface area (Å²) in [5.41, 5.74) is -0.320. The molecule has 1 aromatic carbocycles. The van der Waals surface area contributed by atoms with Crippen LogP contribution in [0.5, 0.6) is 5.75 Å². The minimum atomic E-state index is -0.638. The lowest BCUT2D eigenvalue weighted by Gasteiger charge is -2.05. The molecule has 0 bridgehead atoms. The molecule has 1 aromatic heterocycles. The molecule has 0 saturated heterocycles. The number of nitrogens with zero attached hydrogens (tertiary/aromatic N) is 3. The van der Waals surface area contributed by atoms with Crippen molar-refractivity contribution in [1.29, 1.82) is 0 Å². The summed E-state index contributed by atoms with van der Waals surface area (Å²) in [7, 11) is 0. The van der Waals surface area contributed by atoms with Crippen molar-refractivity contribution < 1.29 is 14.1 Å². The van der Waals surface area contributed by atoms with Gasteiger partial charge in [-0.3, -0.25) is 10.1 Å². The van der Waals surface area contributed by atoms with Gasteiger partial charge in [0.15, 0.2) is 5.01 Å². The molecule has 1 heterocycles. The highest BCUT2D eigenvalue weighted by Gasteiger charge is 2.19. The van der Waals surface area contributed by atoms with E-state index in [2.05, 4.69) is 31.4 Å². The Hall–Kier alpha value is -1.81. The van der Waals surface area contributed by atoms with Crippen molar-refractivity contribution in [2.75, 3.05) is 11.9 Å². The molecule has 21 heavy (non-hydrogen) atoms. The fourth-order valence-corrected chi connectivity index (χ4v) is 2.50. The molecule has 2 rings (SSSR count). The molecular formula is C11H10BrFN4O3S. The molecule has 112 valence electrons. The lowest BCUT2D eigenvalue weighted by molar-refractivity contribution is -0.386. The number of nitro benzene ring substituents is 1. The first-order chi connectivity index (χ1) is 10.0. The van der Waals surface area contributed by atoms with E-state index >= 15 is 0 Å². The number of ether oxygens (including phenoxy) is 1. The summed E-state index contributed by atoms with van der Waals surface area (Å²) in [6.07, 6.45) is 0. The normalized spacial score (nSPS) is 10.4. The van der Waals surface area contributed by atoms with Crippen molar-refractivity contribution >= 4 is 38.1 Å². The molecule has 2 aromatic rings. The Morgan fingerprint density at radius 2 is 2.29 bits per heavy atom. The second kappa shape index (κ2) is 6.76. The maximum absolute atomic E-state index is 13.5. The van der Waals surface area contributed by atoms with Gasteiger partial charge in [0, 0.05) is 18.7 Å². The van der Waals surface area contributed by atoms with Gasteiger partial charge < -0.3 is 10.1 Å². The minimum Gasteiger partial charge on any atom is -0.479 e. The molecule has 7 nitrogen and oxygen atoms in total. The molecule has 1 N–H and O–H groups in total. The number of halogens is 2. The third kappa shape index (κ3) is 3.85. The summed E-state index contributed by atoms with van der Waals surface area (Å²) >= 11 is 4.17. The maximum Gasteiger partial charge on any atom is 0.312 e. The summed E-state index contributed by atoms with van der Waals surface area (Å²) in [6, 6.07) is 2.03. The Balaban J connectivity index is 2.15. The Labute approximate surface area is 131 Å². The van der Waals surface area contributed by atoms with Crippen LogP contribution in [0.4, 0.5) is 15.2 Å². The van der Waals surface area contributed by atoms with Crippen LogP contribution in [0.15, 0.2) is 16.6 Å². The maximum atomic E-state index is 13.5. The van der Waals surface area contributed by atoms with Gasteiger partial charge in [-0.1, -0.05) is 11.3 Å². The minimum absolute atomic E-state index is 0.00639. The average Bonchev–Trinajstić information content (AvgIpc) is 2.87. The highest BCUT2D eigenvalue weighted by Crippen LogP contribution is 2.33. The number of benzene rings is 1. The molecule has 0 unspecified atom stereocenters.